The molecule has 27 heavy (non-hydrogen) atoms. The monoisotopic (exact) mass is 383 g/mol. The number of carbonyl (C=O) groups is 2. The number of carbonyl (C=O) groups excluding carboxylic acids is 2. The first-order valence-electron chi connectivity index (χ1n) is 8.01. The predicted molar refractivity (Wildman–Crippen MR) is 102 cm³/mol. The fourth-order valence-electron chi connectivity index (χ4n) is 2.74. The van der Waals surface area contributed by atoms with Gasteiger partial charge in [-0.3, -0.25) is 19.7 Å². The molecule has 1 atom stereocenters. The number of thiophene rings is 1. The van der Waals surface area contributed by atoms with E-state index in [-0.39, 0.29) is 17.5 Å². The van der Waals surface area contributed by atoms with E-state index in [1.807, 2.05) is 0 Å². The highest BCUT2D eigenvalue weighted by molar-refractivity contribution is 7.20. The van der Waals surface area contributed by atoms with E-state index in [1.165, 1.54) is 23.5 Å². The standard InChI is InChI=1S/C18H13N3O5S/c1-9-17(22)20-13-8-11(2-4-14(13)26-9)19-18(23)16-7-10-6-12(21(24)25)3-5-15(10)27-16/h2-9H,1H3,(H,19,23)(H,20,22). The number of hydrogen-bond acceptors (Lipinski definition) is 6. The van der Waals surface area contributed by atoms with E-state index in [0.29, 0.717) is 27.4 Å². The first-order chi connectivity index (χ1) is 12.9. The minimum Gasteiger partial charge on any atom is -0.479 e. The topological polar surface area (TPSA) is 111 Å². The molecule has 4 rings (SSSR count). The number of non-ortho nitro benzene ring substituents is 1. The van der Waals surface area contributed by atoms with Crippen LogP contribution in [0.2, 0.25) is 0 Å². The molecule has 0 saturated carbocycles. The highest BCUT2D eigenvalue weighted by atomic mass is 32.1. The van der Waals surface area contributed by atoms with Crippen LogP contribution >= 0.6 is 11.3 Å². The van der Waals surface area contributed by atoms with Crippen molar-refractivity contribution in [1.82, 2.24) is 0 Å². The molecule has 0 saturated heterocycles. The maximum Gasteiger partial charge on any atom is 0.270 e. The quantitative estimate of drug-likeness (QED) is 0.528. The molecular formula is C18H13N3O5S. The van der Waals surface area contributed by atoms with Gasteiger partial charge in [0.1, 0.15) is 5.75 Å². The molecule has 136 valence electrons. The van der Waals surface area contributed by atoms with Crippen molar-refractivity contribution >= 4 is 50.3 Å². The van der Waals surface area contributed by atoms with Crippen molar-refractivity contribution in [1.29, 1.82) is 0 Å². The Morgan fingerprint density at radius 1 is 1.26 bits per heavy atom. The van der Waals surface area contributed by atoms with Crippen molar-refractivity contribution in [2.24, 2.45) is 0 Å². The number of hydrogen-bond donors (Lipinski definition) is 2. The molecule has 2 amide bonds. The van der Waals surface area contributed by atoms with Crippen molar-refractivity contribution in [3.63, 3.8) is 0 Å². The first-order valence-corrected chi connectivity index (χ1v) is 8.83. The summed E-state index contributed by atoms with van der Waals surface area (Å²) in [7, 11) is 0. The van der Waals surface area contributed by atoms with Crippen LogP contribution in [0.15, 0.2) is 42.5 Å². The van der Waals surface area contributed by atoms with Crippen LogP contribution in [0.1, 0.15) is 16.6 Å². The van der Waals surface area contributed by atoms with Gasteiger partial charge >= 0.3 is 0 Å². The lowest BCUT2D eigenvalue weighted by molar-refractivity contribution is -0.384. The van der Waals surface area contributed by atoms with E-state index in [2.05, 4.69) is 10.6 Å². The first kappa shape index (κ1) is 17.0. The van der Waals surface area contributed by atoms with Crippen LogP contribution in [0.5, 0.6) is 5.75 Å². The minimum absolute atomic E-state index is 0.0214. The molecule has 0 spiro atoms. The molecule has 0 radical (unpaired) electrons. The summed E-state index contributed by atoms with van der Waals surface area (Å²) in [6.07, 6.45) is -0.569. The molecule has 2 N–H and O–H groups in total. The van der Waals surface area contributed by atoms with Crippen molar-refractivity contribution in [2.45, 2.75) is 13.0 Å². The van der Waals surface area contributed by atoms with Crippen LogP contribution in [0.3, 0.4) is 0 Å². The Morgan fingerprint density at radius 2 is 2.07 bits per heavy atom. The van der Waals surface area contributed by atoms with Crippen molar-refractivity contribution in [2.75, 3.05) is 10.6 Å². The number of amides is 2. The van der Waals surface area contributed by atoms with Gasteiger partial charge in [-0.05, 0) is 37.3 Å². The largest absolute Gasteiger partial charge is 0.479 e. The number of nitrogens with one attached hydrogen (secondary N) is 2. The molecule has 2 aromatic carbocycles. The number of anilines is 2. The third-order valence-electron chi connectivity index (χ3n) is 4.10. The van der Waals surface area contributed by atoms with E-state index < -0.39 is 11.0 Å². The van der Waals surface area contributed by atoms with Gasteiger partial charge in [0.15, 0.2) is 6.10 Å². The Morgan fingerprint density at radius 3 is 2.85 bits per heavy atom. The number of benzene rings is 2. The molecule has 1 aliphatic heterocycles. The summed E-state index contributed by atoms with van der Waals surface area (Å²) >= 11 is 1.25. The molecule has 0 fully saturated rings. The van der Waals surface area contributed by atoms with Crippen LogP contribution in [0.25, 0.3) is 10.1 Å². The average Bonchev–Trinajstić information content (AvgIpc) is 3.06. The molecule has 1 aliphatic rings. The SMILES string of the molecule is CC1Oc2ccc(NC(=O)c3cc4cc([N+](=O)[O-])ccc4s3)cc2NC1=O. The zero-order valence-corrected chi connectivity index (χ0v) is 14.8. The fourth-order valence-corrected chi connectivity index (χ4v) is 3.67. The van der Waals surface area contributed by atoms with Crippen LogP contribution in [-0.2, 0) is 4.79 Å². The third-order valence-corrected chi connectivity index (χ3v) is 5.22. The molecule has 2 heterocycles. The predicted octanol–water partition coefficient (Wildman–Crippen LogP) is 3.78. The molecular weight excluding hydrogens is 370 g/mol. The zero-order valence-electron chi connectivity index (χ0n) is 14.0. The Labute approximate surface area is 156 Å². The molecule has 3 aromatic rings. The summed E-state index contributed by atoms with van der Waals surface area (Å²) in [5, 5.41) is 17.0. The lowest BCUT2D eigenvalue weighted by Crippen LogP contribution is -2.34. The Bertz CT molecular complexity index is 1110. The van der Waals surface area contributed by atoms with Gasteiger partial charge in [0.2, 0.25) is 0 Å². The molecule has 0 aliphatic carbocycles. The second-order valence-electron chi connectivity index (χ2n) is 6.00. The van der Waals surface area contributed by atoms with Gasteiger partial charge in [-0.1, -0.05) is 0 Å². The van der Waals surface area contributed by atoms with Crippen LogP contribution in [-0.4, -0.2) is 22.8 Å². The minimum atomic E-state index is -0.569. The van der Waals surface area contributed by atoms with Crippen molar-refractivity contribution in [3.05, 3.63) is 57.5 Å². The van der Waals surface area contributed by atoms with E-state index >= 15 is 0 Å². The van der Waals surface area contributed by atoms with Crippen LogP contribution in [0.4, 0.5) is 17.1 Å². The molecule has 8 nitrogen and oxygen atoms in total. The summed E-state index contributed by atoms with van der Waals surface area (Å²) < 4.78 is 6.26. The van der Waals surface area contributed by atoms with Gasteiger partial charge in [0.25, 0.3) is 17.5 Å². The van der Waals surface area contributed by atoms with E-state index in [4.69, 9.17) is 4.74 Å². The van der Waals surface area contributed by atoms with Crippen LogP contribution in [0, 0.1) is 10.1 Å². The lowest BCUT2D eigenvalue weighted by Gasteiger charge is -2.23. The smallest absolute Gasteiger partial charge is 0.270 e. The van der Waals surface area contributed by atoms with Gasteiger partial charge in [-0.2, -0.15) is 0 Å². The Kier molecular flexibility index (Phi) is 4.00. The molecule has 9 heteroatoms. The maximum absolute atomic E-state index is 12.5. The summed E-state index contributed by atoms with van der Waals surface area (Å²) in [5.41, 5.74) is 0.968. The van der Waals surface area contributed by atoms with E-state index in [1.54, 1.807) is 37.3 Å². The third kappa shape index (κ3) is 3.20. The maximum atomic E-state index is 12.5. The summed E-state index contributed by atoms with van der Waals surface area (Å²) in [6, 6.07) is 11.1. The molecule has 0 bridgehead atoms. The number of fused-ring (bicyclic) bond motifs is 2. The van der Waals surface area contributed by atoms with Gasteiger partial charge < -0.3 is 15.4 Å². The number of nitro groups is 1. The normalized spacial score (nSPS) is 15.6. The lowest BCUT2D eigenvalue weighted by atomic mass is 10.2. The number of nitrogens with zero attached hydrogens (tertiary/aromatic N) is 1. The van der Waals surface area contributed by atoms with Gasteiger partial charge in [-0.25, -0.2) is 0 Å². The van der Waals surface area contributed by atoms with Crippen LogP contribution < -0.4 is 15.4 Å². The number of rotatable bonds is 3. The van der Waals surface area contributed by atoms with Gasteiger partial charge in [0, 0.05) is 27.9 Å². The summed E-state index contributed by atoms with van der Waals surface area (Å²) in [6.45, 7) is 1.65. The summed E-state index contributed by atoms with van der Waals surface area (Å²) in [4.78, 5) is 35.1. The van der Waals surface area contributed by atoms with Gasteiger partial charge in [-0.15, -0.1) is 11.3 Å². The average molecular weight is 383 g/mol. The highest BCUT2D eigenvalue weighted by Crippen LogP contribution is 2.33. The number of nitro benzene ring substituents is 1. The highest BCUT2D eigenvalue weighted by Gasteiger charge is 2.24. The number of ether oxygens (including phenoxy) is 1. The second-order valence-corrected chi connectivity index (χ2v) is 7.09. The fraction of sp³-hybridized carbons (Fsp3) is 0.111. The van der Waals surface area contributed by atoms with Crippen molar-refractivity contribution < 1.29 is 19.2 Å². The summed E-state index contributed by atoms with van der Waals surface area (Å²) in [5.74, 6) is -0.0541. The van der Waals surface area contributed by atoms with Crippen molar-refractivity contribution in [3.8, 4) is 5.75 Å². The Hall–Kier alpha value is -3.46. The van der Waals surface area contributed by atoms with E-state index in [0.717, 1.165) is 4.70 Å². The van der Waals surface area contributed by atoms with Gasteiger partial charge in [0.05, 0.1) is 15.5 Å². The zero-order chi connectivity index (χ0) is 19.1. The molecule has 1 aromatic heterocycles. The van der Waals surface area contributed by atoms with E-state index in [9.17, 15) is 19.7 Å². The molecule has 1 unspecified atom stereocenters. The second kappa shape index (κ2) is 6.36. The Balaban J connectivity index is 1.57.